The Hall–Kier alpha value is -1.74. The summed E-state index contributed by atoms with van der Waals surface area (Å²) in [5, 5.41) is 0.0619. The average molecular weight is 227 g/mol. The van der Waals surface area contributed by atoms with Crippen LogP contribution in [0.15, 0.2) is 48.5 Å². The van der Waals surface area contributed by atoms with Gasteiger partial charge in [-0.25, -0.2) is 0 Å². The maximum Gasteiger partial charge on any atom is 0.240 e. The van der Waals surface area contributed by atoms with Gasteiger partial charge in [-0.1, -0.05) is 36.4 Å². The molecule has 0 saturated heterocycles. The molecular formula is C13H9NOS. The van der Waals surface area contributed by atoms with Gasteiger partial charge in [0, 0.05) is 23.1 Å². The lowest BCUT2D eigenvalue weighted by Crippen LogP contribution is -1.95. The van der Waals surface area contributed by atoms with Gasteiger partial charge in [0.25, 0.3) is 0 Å². The molecule has 1 aliphatic rings. The van der Waals surface area contributed by atoms with Crippen molar-refractivity contribution >= 4 is 22.8 Å². The second-order valence-electron chi connectivity index (χ2n) is 3.58. The number of fused-ring (bicyclic) bond motifs is 3. The summed E-state index contributed by atoms with van der Waals surface area (Å²) in [5.74, 6) is 0. The molecule has 0 bridgehead atoms. The van der Waals surface area contributed by atoms with Crippen LogP contribution in [0.2, 0.25) is 0 Å². The van der Waals surface area contributed by atoms with Crippen LogP contribution in [-0.4, -0.2) is 5.12 Å². The molecule has 2 aromatic rings. The molecule has 0 aliphatic carbocycles. The molecule has 1 N–H and O–H groups in total. The molecule has 0 fully saturated rings. The van der Waals surface area contributed by atoms with E-state index < -0.39 is 0 Å². The van der Waals surface area contributed by atoms with Gasteiger partial charge in [0.05, 0.1) is 5.69 Å². The van der Waals surface area contributed by atoms with Crippen LogP contribution in [0.4, 0.5) is 5.69 Å². The van der Waals surface area contributed by atoms with Crippen LogP contribution in [0, 0.1) is 0 Å². The molecule has 0 radical (unpaired) electrons. The fourth-order valence-electron chi connectivity index (χ4n) is 1.86. The summed E-state index contributed by atoms with van der Waals surface area (Å²) in [7, 11) is 0. The smallest absolute Gasteiger partial charge is 0.240 e. The molecule has 0 aromatic heterocycles. The third-order valence-corrected chi connectivity index (χ3v) is 3.35. The summed E-state index contributed by atoms with van der Waals surface area (Å²) in [5.41, 5.74) is 3.84. The Morgan fingerprint density at radius 2 is 1.44 bits per heavy atom. The third kappa shape index (κ3) is 1.41. The highest BCUT2D eigenvalue weighted by Crippen LogP contribution is 2.36. The first-order chi connectivity index (χ1) is 7.86. The van der Waals surface area contributed by atoms with Crippen LogP contribution in [0.25, 0.3) is 11.1 Å². The summed E-state index contributed by atoms with van der Waals surface area (Å²) >= 11 is 1.14. The van der Waals surface area contributed by atoms with Crippen molar-refractivity contribution in [3.8, 4) is 11.1 Å². The Morgan fingerprint density at radius 3 is 2.25 bits per heavy atom. The minimum absolute atomic E-state index is 0.0619. The zero-order valence-corrected chi connectivity index (χ0v) is 9.25. The molecule has 16 heavy (non-hydrogen) atoms. The van der Waals surface area contributed by atoms with E-state index in [0.29, 0.717) is 0 Å². The number of rotatable bonds is 0. The standard InChI is InChI=1S/C13H9NOS/c15-13-11-7-2-1-5-9(11)10-6-3-4-8-12(10)14-16-13/h1-8,14H. The summed E-state index contributed by atoms with van der Waals surface area (Å²) in [6, 6.07) is 15.7. The fraction of sp³-hybridized carbons (Fsp3) is 0. The van der Waals surface area contributed by atoms with Gasteiger partial charge in [-0.05, 0) is 17.7 Å². The van der Waals surface area contributed by atoms with Gasteiger partial charge in [0.1, 0.15) is 0 Å². The minimum atomic E-state index is 0.0619. The quantitative estimate of drug-likeness (QED) is 0.698. The largest absolute Gasteiger partial charge is 0.322 e. The summed E-state index contributed by atoms with van der Waals surface area (Å²) < 4.78 is 3.09. The fourth-order valence-corrected chi connectivity index (χ4v) is 2.53. The Balaban J connectivity index is 2.32. The van der Waals surface area contributed by atoms with Crippen molar-refractivity contribution in [2.24, 2.45) is 0 Å². The number of anilines is 1. The number of hydrogen-bond acceptors (Lipinski definition) is 3. The average Bonchev–Trinajstić information content (AvgIpc) is 2.49. The molecule has 1 heterocycles. The van der Waals surface area contributed by atoms with E-state index in [1.807, 2.05) is 48.5 Å². The van der Waals surface area contributed by atoms with Gasteiger partial charge < -0.3 is 4.72 Å². The van der Waals surface area contributed by atoms with E-state index in [0.717, 1.165) is 34.3 Å². The zero-order chi connectivity index (χ0) is 11.0. The van der Waals surface area contributed by atoms with Crippen LogP contribution in [-0.2, 0) is 0 Å². The van der Waals surface area contributed by atoms with Crippen LogP contribution in [0.1, 0.15) is 10.4 Å². The van der Waals surface area contributed by atoms with E-state index in [9.17, 15) is 4.79 Å². The van der Waals surface area contributed by atoms with E-state index in [4.69, 9.17) is 0 Å². The second kappa shape index (κ2) is 3.68. The zero-order valence-electron chi connectivity index (χ0n) is 8.44. The normalized spacial score (nSPS) is 13.4. The van der Waals surface area contributed by atoms with Gasteiger partial charge in [0.2, 0.25) is 5.12 Å². The van der Waals surface area contributed by atoms with Crippen molar-refractivity contribution in [2.75, 3.05) is 4.72 Å². The molecule has 3 heteroatoms. The Bertz CT molecular complexity index is 565. The first-order valence-electron chi connectivity index (χ1n) is 5.02. The van der Waals surface area contributed by atoms with Crippen molar-refractivity contribution in [1.29, 1.82) is 0 Å². The van der Waals surface area contributed by atoms with Gasteiger partial charge in [0.15, 0.2) is 0 Å². The van der Waals surface area contributed by atoms with Crippen molar-refractivity contribution in [1.82, 2.24) is 0 Å². The third-order valence-electron chi connectivity index (χ3n) is 2.62. The molecule has 2 nitrogen and oxygen atoms in total. The van der Waals surface area contributed by atoms with Crippen molar-refractivity contribution < 1.29 is 4.79 Å². The molecule has 1 aliphatic heterocycles. The highest BCUT2D eigenvalue weighted by Gasteiger charge is 2.19. The Kier molecular flexibility index (Phi) is 2.18. The van der Waals surface area contributed by atoms with Gasteiger partial charge in [-0.2, -0.15) is 0 Å². The van der Waals surface area contributed by atoms with E-state index in [1.165, 1.54) is 0 Å². The maximum absolute atomic E-state index is 11.9. The molecule has 0 amide bonds. The monoisotopic (exact) mass is 227 g/mol. The lowest BCUT2D eigenvalue weighted by Gasteiger charge is -2.06. The highest BCUT2D eigenvalue weighted by atomic mass is 32.2. The molecule has 0 saturated carbocycles. The highest BCUT2D eigenvalue weighted by molar-refractivity contribution is 8.15. The first kappa shape index (κ1) is 9.48. The number of benzene rings is 2. The summed E-state index contributed by atoms with van der Waals surface area (Å²) in [6.07, 6.45) is 0. The number of para-hydroxylation sites is 1. The minimum Gasteiger partial charge on any atom is -0.322 e. The van der Waals surface area contributed by atoms with Crippen LogP contribution in [0.5, 0.6) is 0 Å². The lowest BCUT2D eigenvalue weighted by molar-refractivity contribution is 0.109. The van der Waals surface area contributed by atoms with Crippen molar-refractivity contribution in [3.63, 3.8) is 0 Å². The lowest BCUT2D eigenvalue weighted by atomic mass is 9.99. The Morgan fingerprint density at radius 1 is 0.812 bits per heavy atom. The summed E-state index contributed by atoms with van der Waals surface area (Å²) in [4.78, 5) is 11.9. The van der Waals surface area contributed by atoms with Gasteiger partial charge in [-0.15, -0.1) is 0 Å². The van der Waals surface area contributed by atoms with Crippen LogP contribution in [0.3, 0.4) is 0 Å². The van der Waals surface area contributed by atoms with Crippen LogP contribution >= 0.6 is 11.9 Å². The first-order valence-corrected chi connectivity index (χ1v) is 5.83. The molecule has 2 aromatic carbocycles. The number of carbonyl (C=O) groups excluding carboxylic acids is 1. The van der Waals surface area contributed by atoms with E-state index in [1.54, 1.807) is 0 Å². The molecular weight excluding hydrogens is 218 g/mol. The summed E-state index contributed by atoms with van der Waals surface area (Å²) in [6.45, 7) is 0. The second-order valence-corrected chi connectivity index (χ2v) is 4.36. The number of carbonyl (C=O) groups is 1. The van der Waals surface area contributed by atoms with Gasteiger partial charge >= 0.3 is 0 Å². The number of nitrogens with one attached hydrogen (secondary N) is 1. The van der Waals surface area contributed by atoms with Crippen molar-refractivity contribution in [2.45, 2.75) is 0 Å². The molecule has 78 valence electrons. The predicted octanol–water partition coefficient (Wildman–Crippen LogP) is 3.57. The van der Waals surface area contributed by atoms with Gasteiger partial charge in [-0.3, -0.25) is 4.79 Å². The van der Waals surface area contributed by atoms with Crippen molar-refractivity contribution in [3.05, 3.63) is 54.1 Å². The van der Waals surface area contributed by atoms with E-state index in [-0.39, 0.29) is 5.12 Å². The molecule has 0 unspecified atom stereocenters. The van der Waals surface area contributed by atoms with E-state index >= 15 is 0 Å². The van der Waals surface area contributed by atoms with E-state index in [2.05, 4.69) is 4.72 Å². The predicted molar refractivity (Wildman–Crippen MR) is 67.4 cm³/mol. The SMILES string of the molecule is O=C1SNc2ccccc2-c2ccccc21. The number of hydrogen-bond donors (Lipinski definition) is 1. The molecule has 0 spiro atoms. The molecule has 0 atom stereocenters. The topological polar surface area (TPSA) is 29.1 Å². The Labute approximate surface area is 97.8 Å². The van der Waals surface area contributed by atoms with Crippen LogP contribution < -0.4 is 4.72 Å². The molecule has 3 rings (SSSR count). The maximum atomic E-state index is 11.9.